The maximum Gasteiger partial charge on any atom is 0.410 e. The number of ether oxygens (including phenoxy) is 2. The van der Waals surface area contributed by atoms with Gasteiger partial charge in [0.15, 0.2) is 5.75 Å². The summed E-state index contributed by atoms with van der Waals surface area (Å²) in [6, 6.07) is 18.9. The van der Waals surface area contributed by atoms with Gasteiger partial charge in [-0.2, -0.15) is 5.26 Å². The lowest BCUT2D eigenvalue weighted by atomic mass is 9.75. The molecule has 0 N–H and O–H groups in total. The minimum atomic E-state index is -0.521. The number of fused-ring (bicyclic) bond motifs is 1. The Kier molecular flexibility index (Phi) is 6.47. The molecule has 4 rings (SSSR count). The second kappa shape index (κ2) is 9.34. The number of hydrogen-bond acceptors (Lipinski definition) is 5. The smallest absolute Gasteiger partial charge is 0.410 e. The molecule has 0 aliphatic carbocycles. The number of pyridine rings is 1. The molecule has 1 saturated heterocycles. The summed E-state index contributed by atoms with van der Waals surface area (Å²) in [6.07, 6.45) is 3.39. The van der Waals surface area contributed by atoms with E-state index in [9.17, 15) is 10.1 Å². The fourth-order valence-corrected chi connectivity index (χ4v) is 4.52. The van der Waals surface area contributed by atoms with Gasteiger partial charge in [-0.15, -0.1) is 0 Å². The van der Waals surface area contributed by atoms with E-state index in [0.717, 1.165) is 33.3 Å². The number of methoxy groups -OCH3 is 1. The molecular formula is C28H31N3O3. The van der Waals surface area contributed by atoms with E-state index in [1.807, 2.05) is 32.9 Å². The molecule has 2 heterocycles. The summed E-state index contributed by atoms with van der Waals surface area (Å²) < 4.78 is 11.2. The van der Waals surface area contributed by atoms with Crippen LogP contribution in [-0.2, 0) is 11.2 Å². The van der Waals surface area contributed by atoms with Gasteiger partial charge in [-0.3, -0.25) is 4.98 Å². The van der Waals surface area contributed by atoms with Crippen LogP contribution >= 0.6 is 0 Å². The number of aromatic nitrogens is 1. The van der Waals surface area contributed by atoms with Crippen molar-refractivity contribution in [2.24, 2.45) is 5.41 Å². The predicted octanol–water partition coefficient (Wildman–Crippen LogP) is 5.99. The molecule has 0 spiro atoms. The fraction of sp³-hybridized carbons (Fsp3) is 0.393. The van der Waals surface area contributed by atoms with Crippen LogP contribution < -0.4 is 4.74 Å². The molecule has 0 saturated carbocycles. The SMILES string of the molecule is COc1c(-c2ccc(CC3(C#N)CCN(C(=O)OC(C)(C)C)CC3)cc2)ccc2cccnc12. The van der Waals surface area contributed by atoms with Crippen molar-refractivity contribution in [3.8, 4) is 22.9 Å². The van der Waals surface area contributed by atoms with Crippen molar-refractivity contribution in [1.29, 1.82) is 5.26 Å². The highest BCUT2D eigenvalue weighted by molar-refractivity contribution is 5.92. The first-order valence-corrected chi connectivity index (χ1v) is 11.6. The van der Waals surface area contributed by atoms with Gasteiger partial charge in [-0.1, -0.05) is 36.4 Å². The van der Waals surface area contributed by atoms with Crippen LogP contribution in [0.1, 0.15) is 39.2 Å². The summed E-state index contributed by atoms with van der Waals surface area (Å²) in [5.41, 5.74) is 2.97. The Morgan fingerprint density at radius 2 is 1.82 bits per heavy atom. The first-order valence-electron chi connectivity index (χ1n) is 11.6. The third kappa shape index (κ3) is 4.99. The van der Waals surface area contributed by atoms with Gasteiger partial charge in [0.05, 0.1) is 18.6 Å². The zero-order valence-corrected chi connectivity index (χ0v) is 20.3. The second-order valence-electron chi connectivity index (χ2n) is 9.95. The van der Waals surface area contributed by atoms with Crippen LogP contribution in [0.4, 0.5) is 4.79 Å². The van der Waals surface area contributed by atoms with Gasteiger partial charge in [0, 0.05) is 30.2 Å². The number of hydrogen-bond donors (Lipinski definition) is 0. The lowest BCUT2D eigenvalue weighted by Gasteiger charge is -2.38. The molecule has 3 aromatic rings. The van der Waals surface area contributed by atoms with Crippen molar-refractivity contribution in [2.75, 3.05) is 20.2 Å². The molecule has 34 heavy (non-hydrogen) atoms. The van der Waals surface area contributed by atoms with E-state index in [4.69, 9.17) is 9.47 Å². The van der Waals surface area contributed by atoms with Crippen molar-refractivity contribution >= 4 is 17.0 Å². The molecule has 6 heteroatoms. The van der Waals surface area contributed by atoms with Gasteiger partial charge >= 0.3 is 6.09 Å². The Balaban J connectivity index is 1.48. The molecule has 1 aromatic heterocycles. The number of carbonyl (C=O) groups excluding carboxylic acids is 1. The van der Waals surface area contributed by atoms with Gasteiger partial charge in [-0.05, 0) is 63.3 Å². The standard InChI is InChI=1S/C28H31N3O3/c1-27(2,3)34-26(32)31-16-13-28(19-29,14-17-31)18-20-7-9-21(10-8-20)23-12-11-22-6-5-15-30-24(22)25(23)33-4/h5-12,15H,13-14,16-18H2,1-4H3. The van der Waals surface area contributed by atoms with Crippen LogP contribution in [-0.4, -0.2) is 41.8 Å². The third-order valence-corrected chi connectivity index (χ3v) is 6.35. The molecule has 176 valence electrons. The summed E-state index contributed by atoms with van der Waals surface area (Å²) in [4.78, 5) is 18.6. The van der Waals surface area contributed by atoms with Gasteiger partial charge in [-0.25, -0.2) is 4.79 Å². The zero-order valence-electron chi connectivity index (χ0n) is 20.3. The van der Waals surface area contributed by atoms with Gasteiger partial charge < -0.3 is 14.4 Å². The Morgan fingerprint density at radius 3 is 2.44 bits per heavy atom. The second-order valence-corrected chi connectivity index (χ2v) is 9.95. The Bertz CT molecular complexity index is 1210. The molecule has 2 aromatic carbocycles. The highest BCUT2D eigenvalue weighted by Gasteiger charge is 2.37. The number of piperidine rings is 1. The molecule has 0 atom stereocenters. The van der Waals surface area contributed by atoms with E-state index < -0.39 is 11.0 Å². The van der Waals surface area contributed by atoms with E-state index in [1.165, 1.54) is 0 Å². The van der Waals surface area contributed by atoms with Crippen LogP contribution in [0.3, 0.4) is 0 Å². The Hall–Kier alpha value is -3.59. The highest BCUT2D eigenvalue weighted by Crippen LogP contribution is 2.38. The van der Waals surface area contributed by atoms with Crippen molar-refractivity contribution < 1.29 is 14.3 Å². The fourth-order valence-electron chi connectivity index (χ4n) is 4.52. The lowest BCUT2D eigenvalue weighted by Crippen LogP contribution is -2.45. The molecule has 0 unspecified atom stereocenters. The molecule has 0 radical (unpaired) electrons. The first-order chi connectivity index (χ1) is 16.2. The Labute approximate surface area is 201 Å². The zero-order chi connectivity index (χ0) is 24.3. The topological polar surface area (TPSA) is 75.5 Å². The number of carbonyl (C=O) groups is 1. The monoisotopic (exact) mass is 457 g/mol. The van der Waals surface area contributed by atoms with E-state index in [1.54, 1.807) is 18.2 Å². The first kappa shape index (κ1) is 23.6. The van der Waals surface area contributed by atoms with Crippen LogP contribution in [0.15, 0.2) is 54.7 Å². The summed E-state index contributed by atoms with van der Waals surface area (Å²) in [7, 11) is 1.67. The predicted molar refractivity (Wildman–Crippen MR) is 133 cm³/mol. The quantitative estimate of drug-likeness (QED) is 0.481. The minimum absolute atomic E-state index is 0.304. The molecule has 1 aliphatic rings. The number of nitriles is 1. The Morgan fingerprint density at radius 1 is 1.12 bits per heavy atom. The maximum atomic E-state index is 12.4. The average molecular weight is 458 g/mol. The van der Waals surface area contributed by atoms with Gasteiger partial charge in [0.1, 0.15) is 11.1 Å². The maximum absolute atomic E-state index is 12.4. The molecule has 1 amide bonds. The summed E-state index contributed by atoms with van der Waals surface area (Å²) >= 11 is 0. The molecule has 6 nitrogen and oxygen atoms in total. The van der Waals surface area contributed by atoms with Crippen molar-refractivity contribution in [2.45, 2.75) is 45.6 Å². The van der Waals surface area contributed by atoms with E-state index in [2.05, 4.69) is 47.5 Å². The van der Waals surface area contributed by atoms with Gasteiger partial charge in [0.25, 0.3) is 0 Å². The number of benzene rings is 2. The largest absolute Gasteiger partial charge is 0.494 e. The van der Waals surface area contributed by atoms with Crippen LogP contribution in [0, 0.1) is 16.7 Å². The van der Waals surface area contributed by atoms with E-state index in [-0.39, 0.29) is 6.09 Å². The van der Waals surface area contributed by atoms with E-state index in [0.29, 0.717) is 32.4 Å². The molecular weight excluding hydrogens is 426 g/mol. The highest BCUT2D eigenvalue weighted by atomic mass is 16.6. The molecule has 1 aliphatic heterocycles. The average Bonchev–Trinajstić information content (AvgIpc) is 2.83. The minimum Gasteiger partial charge on any atom is -0.494 e. The summed E-state index contributed by atoms with van der Waals surface area (Å²) in [5.74, 6) is 0.758. The normalized spacial score (nSPS) is 15.6. The van der Waals surface area contributed by atoms with E-state index >= 15 is 0 Å². The number of amides is 1. The lowest BCUT2D eigenvalue weighted by molar-refractivity contribution is 0.0148. The van der Waals surface area contributed by atoms with Crippen LogP contribution in [0.2, 0.25) is 0 Å². The van der Waals surface area contributed by atoms with Crippen LogP contribution in [0.25, 0.3) is 22.0 Å². The van der Waals surface area contributed by atoms with Gasteiger partial charge in [0.2, 0.25) is 0 Å². The summed E-state index contributed by atoms with van der Waals surface area (Å²) in [6.45, 7) is 6.65. The number of likely N-dealkylation sites (tertiary alicyclic amines) is 1. The molecule has 1 fully saturated rings. The van der Waals surface area contributed by atoms with Crippen molar-refractivity contribution in [3.05, 3.63) is 60.3 Å². The third-order valence-electron chi connectivity index (χ3n) is 6.35. The summed E-state index contributed by atoms with van der Waals surface area (Å²) in [5, 5.41) is 11.0. The van der Waals surface area contributed by atoms with Crippen molar-refractivity contribution in [1.82, 2.24) is 9.88 Å². The van der Waals surface area contributed by atoms with Crippen LogP contribution in [0.5, 0.6) is 5.75 Å². The number of rotatable bonds is 4. The number of nitrogens with zero attached hydrogens (tertiary/aromatic N) is 3. The molecule has 0 bridgehead atoms. The van der Waals surface area contributed by atoms with Crippen molar-refractivity contribution in [3.63, 3.8) is 0 Å².